The van der Waals surface area contributed by atoms with Crippen LogP contribution >= 0.6 is 0 Å². The third-order valence-corrected chi connectivity index (χ3v) is 4.45. The molecule has 1 heterocycles. The van der Waals surface area contributed by atoms with Gasteiger partial charge >= 0.3 is 6.18 Å². The fourth-order valence-corrected chi connectivity index (χ4v) is 2.66. The number of aromatic nitrogens is 1. The van der Waals surface area contributed by atoms with Crippen LogP contribution < -0.4 is 5.32 Å². The van der Waals surface area contributed by atoms with Crippen molar-refractivity contribution in [2.45, 2.75) is 25.4 Å². The Morgan fingerprint density at radius 3 is 2.45 bits per heavy atom. The van der Waals surface area contributed by atoms with E-state index in [0.29, 0.717) is 29.8 Å². The molecule has 0 radical (unpaired) electrons. The van der Waals surface area contributed by atoms with E-state index in [1.165, 1.54) is 6.26 Å². The Kier molecular flexibility index (Phi) is 5.46. The Bertz CT molecular complexity index is 1010. The summed E-state index contributed by atoms with van der Waals surface area (Å²) in [7, 11) is 0. The van der Waals surface area contributed by atoms with E-state index in [2.05, 4.69) is 10.3 Å². The number of carbonyl (C=O) groups is 1. The van der Waals surface area contributed by atoms with Gasteiger partial charge in [0.15, 0.2) is 0 Å². The molecule has 0 aliphatic carbocycles. The van der Waals surface area contributed by atoms with Gasteiger partial charge in [-0.05, 0) is 30.3 Å². The summed E-state index contributed by atoms with van der Waals surface area (Å²) >= 11 is 0. The SMILES string of the molecule is CC(C)(CNC(=O)c1cc(C(F)(F)F)ccc1F)c1coc(-c2ccccc2)n1. The molecule has 0 atom stereocenters. The number of rotatable bonds is 5. The lowest BCUT2D eigenvalue weighted by atomic mass is 9.90. The van der Waals surface area contributed by atoms with Crippen molar-refractivity contribution < 1.29 is 26.8 Å². The molecule has 0 saturated heterocycles. The van der Waals surface area contributed by atoms with Crippen LogP contribution in [-0.2, 0) is 11.6 Å². The molecule has 3 aromatic rings. The standard InChI is InChI=1S/C21H18F4N2O2/c1-20(2,17-11-29-19(27-17)13-6-4-3-5-7-13)12-26-18(28)15-10-14(21(23,24)25)8-9-16(15)22/h3-11H,12H2,1-2H3,(H,26,28). The number of hydrogen-bond donors (Lipinski definition) is 1. The van der Waals surface area contributed by atoms with Gasteiger partial charge in [-0.3, -0.25) is 4.79 Å². The highest BCUT2D eigenvalue weighted by molar-refractivity contribution is 5.94. The highest BCUT2D eigenvalue weighted by Crippen LogP contribution is 2.30. The molecule has 4 nitrogen and oxygen atoms in total. The van der Waals surface area contributed by atoms with Gasteiger partial charge in [-0.15, -0.1) is 0 Å². The maximum absolute atomic E-state index is 13.9. The highest BCUT2D eigenvalue weighted by atomic mass is 19.4. The maximum atomic E-state index is 13.9. The minimum Gasteiger partial charge on any atom is -0.444 e. The first-order valence-electron chi connectivity index (χ1n) is 8.74. The van der Waals surface area contributed by atoms with E-state index in [1.807, 2.05) is 30.3 Å². The summed E-state index contributed by atoms with van der Waals surface area (Å²) in [6, 6.07) is 10.9. The molecule has 1 aromatic heterocycles. The zero-order valence-corrected chi connectivity index (χ0v) is 15.7. The van der Waals surface area contributed by atoms with E-state index in [9.17, 15) is 22.4 Å². The second-order valence-corrected chi connectivity index (χ2v) is 7.16. The first kappa shape index (κ1) is 20.6. The van der Waals surface area contributed by atoms with Gasteiger partial charge < -0.3 is 9.73 Å². The Labute approximate surface area is 164 Å². The van der Waals surface area contributed by atoms with Gasteiger partial charge in [-0.25, -0.2) is 9.37 Å². The number of benzene rings is 2. The summed E-state index contributed by atoms with van der Waals surface area (Å²) < 4.78 is 57.9. The third-order valence-electron chi connectivity index (χ3n) is 4.45. The van der Waals surface area contributed by atoms with Crippen molar-refractivity contribution in [2.75, 3.05) is 6.54 Å². The molecule has 0 unspecified atom stereocenters. The Morgan fingerprint density at radius 2 is 1.79 bits per heavy atom. The van der Waals surface area contributed by atoms with Gasteiger partial charge in [-0.1, -0.05) is 32.0 Å². The lowest BCUT2D eigenvalue weighted by Crippen LogP contribution is -2.37. The largest absolute Gasteiger partial charge is 0.444 e. The van der Waals surface area contributed by atoms with E-state index in [4.69, 9.17) is 4.42 Å². The first-order chi connectivity index (χ1) is 13.6. The number of amides is 1. The number of alkyl halides is 3. The van der Waals surface area contributed by atoms with E-state index in [1.54, 1.807) is 13.8 Å². The molecule has 152 valence electrons. The van der Waals surface area contributed by atoms with Crippen molar-refractivity contribution in [1.82, 2.24) is 10.3 Å². The molecule has 0 spiro atoms. The molecule has 1 N–H and O–H groups in total. The summed E-state index contributed by atoms with van der Waals surface area (Å²) in [6.07, 6.45) is -3.21. The fourth-order valence-electron chi connectivity index (χ4n) is 2.66. The second-order valence-electron chi connectivity index (χ2n) is 7.16. The predicted molar refractivity (Wildman–Crippen MR) is 98.7 cm³/mol. The maximum Gasteiger partial charge on any atom is 0.416 e. The average Bonchev–Trinajstić information content (AvgIpc) is 3.17. The van der Waals surface area contributed by atoms with Crippen LogP contribution in [-0.4, -0.2) is 17.4 Å². The molecule has 8 heteroatoms. The fraction of sp³-hybridized carbons (Fsp3) is 0.238. The first-order valence-corrected chi connectivity index (χ1v) is 8.74. The highest BCUT2D eigenvalue weighted by Gasteiger charge is 2.32. The van der Waals surface area contributed by atoms with Gasteiger partial charge in [0.1, 0.15) is 12.1 Å². The van der Waals surface area contributed by atoms with Crippen molar-refractivity contribution in [1.29, 1.82) is 0 Å². The van der Waals surface area contributed by atoms with E-state index in [-0.39, 0.29) is 6.54 Å². The summed E-state index contributed by atoms with van der Waals surface area (Å²) in [5.41, 5.74) is -1.14. The van der Waals surface area contributed by atoms with Crippen molar-refractivity contribution >= 4 is 5.91 Å². The number of oxazole rings is 1. The molecule has 0 fully saturated rings. The van der Waals surface area contributed by atoms with Crippen LogP contribution in [0.3, 0.4) is 0 Å². The minimum absolute atomic E-state index is 0.0162. The van der Waals surface area contributed by atoms with E-state index >= 15 is 0 Å². The van der Waals surface area contributed by atoms with Crippen LogP contribution in [0.1, 0.15) is 35.5 Å². The molecule has 2 aromatic carbocycles. The van der Waals surface area contributed by atoms with Gasteiger partial charge in [0, 0.05) is 17.5 Å². The number of carbonyl (C=O) groups excluding carboxylic acids is 1. The van der Waals surface area contributed by atoms with E-state index in [0.717, 1.165) is 5.56 Å². The van der Waals surface area contributed by atoms with E-state index < -0.39 is 34.4 Å². The lowest BCUT2D eigenvalue weighted by molar-refractivity contribution is -0.137. The lowest BCUT2D eigenvalue weighted by Gasteiger charge is -2.22. The van der Waals surface area contributed by atoms with Gasteiger partial charge in [0.2, 0.25) is 5.89 Å². The quantitative estimate of drug-likeness (QED) is 0.592. The van der Waals surface area contributed by atoms with Crippen LogP contribution in [0.5, 0.6) is 0 Å². The molecule has 0 bridgehead atoms. The van der Waals surface area contributed by atoms with Crippen LogP contribution in [0.2, 0.25) is 0 Å². The van der Waals surface area contributed by atoms with Crippen LogP contribution in [0, 0.1) is 5.82 Å². The zero-order valence-electron chi connectivity index (χ0n) is 15.7. The number of hydrogen-bond acceptors (Lipinski definition) is 3. The molecular formula is C21H18F4N2O2. The average molecular weight is 406 g/mol. The molecule has 1 amide bonds. The summed E-state index contributed by atoms with van der Waals surface area (Å²) in [5, 5.41) is 2.48. The Balaban J connectivity index is 1.74. The summed E-state index contributed by atoms with van der Waals surface area (Å²) in [4.78, 5) is 16.7. The van der Waals surface area contributed by atoms with Gasteiger partial charge in [0.05, 0.1) is 16.8 Å². The number of nitrogens with zero attached hydrogens (tertiary/aromatic N) is 1. The van der Waals surface area contributed by atoms with Crippen molar-refractivity contribution in [3.8, 4) is 11.5 Å². The second kappa shape index (κ2) is 7.69. The van der Waals surface area contributed by atoms with Crippen molar-refractivity contribution in [2.24, 2.45) is 0 Å². The summed E-state index contributed by atoms with van der Waals surface area (Å²) in [6.45, 7) is 3.58. The predicted octanol–water partition coefficient (Wildman–Crippen LogP) is 5.21. The Hall–Kier alpha value is -3.16. The zero-order chi connectivity index (χ0) is 21.2. The molecule has 3 rings (SSSR count). The van der Waals surface area contributed by atoms with Crippen LogP contribution in [0.4, 0.5) is 17.6 Å². The normalized spacial score (nSPS) is 12.1. The molecular weight excluding hydrogens is 388 g/mol. The minimum atomic E-state index is -4.67. The van der Waals surface area contributed by atoms with Gasteiger partial charge in [-0.2, -0.15) is 13.2 Å². The molecule has 0 saturated carbocycles. The molecule has 0 aliphatic rings. The van der Waals surface area contributed by atoms with Crippen molar-refractivity contribution in [3.63, 3.8) is 0 Å². The smallest absolute Gasteiger partial charge is 0.416 e. The molecule has 29 heavy (non-hydrogen) atoms. The van der Waals surface area contributed by atoms with Crippen molar-refractivity contribution in [3.05, 3.63) is 77.4 Å². The van der Waals surface area contributed by atoms with Crippen LogP contribution in [0.15, 0.2) is 59.2 Å². The molecule has 0 aliphatic heterocycles. The Morgan fingerprint density at radius 1 is 1.10 bits per heavy atom. The monoisotopic (exact) mass is 406 g/mol. The van der Waals surface area contributed by atoms with Gasteiger partial charge in [0.25, 0.3) is 5.91 Å². The number of nitrogens with one attached hydrogen (secondary N) is 1. The third kappa shape index (κ3) is 4.64. The number of halogens is 4. The summed E-state index contributed by atoms with van der Waals surface area (Å²) in [5.74, 6) is -1.56. The van der Waals surface area contributed by atoms with Crippen LogP contribution in [0.25, 0.3) is 11.5 Å². The topological polar surface area (TPSA) is 55.1 Å².